The van der Waals surface area contributed by atoms with Gasteiger partial charge in [-0.1, -0.05) is 0 Å². The monoisotopic (exact) mass is 305 g/mol. The third kappa shape index (κ3) is 3.65. The second kappa shape index (κ2) is 7.09. The number of nitrogens with one attached hydrogen (secondary N) is 1. The van der Waals surface area contributed by atoms with Gasteiger partial charge in [-0.05, 0) is 38.0 Å². The number of fused-ring (bicyclic) bond motifs is 1. The Morgan fingerprint density at radius 3 is 2.82 bits per heavy atom. The molecule has 2 aromatic rings. The highest BCUT2D eigenvalue weighted by atomic mass is 16.5. The number of benzene rings is 1. The van der Waals surface area contributed by atoms with Crippen LogP contribution in [0.5, 0.6) is 5.75 Å². The van der Waals surface area contributed by atoms with Crippen LogP contribution >= 0.6 is 0 Å². The van der Waals surface area contributed by atoms with Crippen LogP contribution in [-0.4, -0.2) is 30.8 Å². The number of aliphatic hydroxyl groups excluding tert-OH is 1. The summed E-state index contributed by atoms with van der Waals surface area (Å²) >= 11 is 0. The van der Waals surface area contributed by atoms with E-state index < -0.39 is 0 Å². The van der Waals surface area contributed by atoms with Crippen LogP contribution in [0.25, 0.3) is 11.0 Å². The predicted molar refractivity (Wildman–Crippen MR) is 82.2 cm³/mol. The van der Waals surface area contributed by atoms with Crippen LogP contribution in [0.3, 0.4) is 0 Å². The Morgan fingerprint density at radius 1 is 1.32 bits per heavy atom. The van der Waals surface area contributed by atoms with Crippen molar-refractivity contribution in [1.82, 2.24) is 5.32 Å². The van der Waals surface area contributed by atoms with Crippen LogP contribution in [0.1, 0.15) is 17.5 Å². The van der Waals surface area contributed by atoms with E-state index in [-0.39, 0.29) is 24.7 Å². The lowest BCUT2D eigenvalue weighted by molar-refractivity contribution is -0.123. The van der Waals surface area contributed by atoms with Gasteiger partial charge in [-0.25, -0.2) is 4.79 Å². The Hall–Kier alpha value is -2.34. The second-order valence-corrected chi connectivity index (χ2v) is 5.01. The van der Waals surface area contributed by atoms with Crippen LogP contribution in [0.2, 0.25) is 0 Å². The van der Waals surface area contributed by atoms with Crippen LogP contribution in [0.15, 0.2) is 27.4 Å². The summed E-state index contributed by atoms with van der Waals surface area (Å²) in [5, 5.41) is 12.1. The summed E-state index contributed by atoms with van der Waals surface area (Å²) in [6, 6.07) is 5.14. The number of hydrogen-bond donors (Lipinski definition) is 2. The highest BCUT2D eigenvalue weighted by Gasteiger charge is 2.09. The van der Waals surface area contributed by atoms with Gasteiger partial charge in [0.2, 0.25) is 0 Å². The lowest BCUT2D eigenvalue weighted by atomic mass is 10.1. The Labute approximate surface area is 127 Å². The molecule has 1 aromatic carbocycles. The molecule has 0 aliphatic carbocycles. The maximum absolute atomic E-state index is 11.7. The Bertz CT molecular complexity index is 735. The second-order valence-electron chi connectivity index (χ2n) is 5.01. The average Bonchev–Trinajstić information content (AvgIpc) is 2.51. The zero-order valence-electron chi connectivity index (χ0n) is 12.6. The van der Waals surface area contributed by atoms with Crippen molar-refractivity contribution in [3.63, 3.8) is 0 Å². The molecule has 1 heterocycles. The van der Waals surface area contributed by atoms with E-state index in [2.05, 4.69) is 5.32 Å². The lowest BCUT2D eigenvalue weighted by Crippen LogP contribution is -2.30. The minimum absolute atomic E-state index is 0.0314. The van der Waals surface area contributed by atoms with E-state index in [0.717, 1.165) is 10.9 Å². The number of carbonyl (C=O) groups is 1. The minimum atomic E-state index is -0.371. The number of amides is 1. The molecule has 6 nitrogen and oxygen atoms in total. The third-order valence-electron chi connectivity index (χ3n) is 3.46. The van der Waals surface area contributed by atoms with Gasteiger partial charge in [0.05, 0.1) is 0 Å². The first kappa shape index (κ1) is 16.0. The molecule has 0 fully saturated rings. The van der Waals surface area contributed by atoms with Crippen molar-refractivity contribution in [3.8, 4) is 5.75 Å². The summed E-state index contributed by atoms with van der Waals surface area (Å²) in [6.45, 7) is 3.89. The van der Waals surface area contributed by atoms with Crippen molar-refractivity contribution in [2.24, 2.45) is 0 Å². The molecule has 2 rings (SSSR count). The number of aryl methyl sites for hydroxylation is 1. The van der Waals surface area contributed by atoms with Crippen LogP contribution in [0.4, 0.5) is 0 Å². The average molecular weight is 305 g/mol. The molecule has 0 atom stereocenters. The Kier molecular flexibility index (Phi) is 5.16. The Balaban J connectivity index is 2.09. The maximum atomic E-state index is 11.7. The first-order chi connectivity index (χ1) is 10.5. The van der Waals surface area contributed by atoms with Gasteiger partial charge in [0, 0.05) is 30.2 Å². The highest BCUT2D eigenvalue weighted by Crippen LogP contribution is 2.23. The number of hydrogen-bond acceptors (Lipinski definition) is 5. The van der Waals surface area contributed by atoms with E-state index in [9.17, 15) is 9.59 Å². The van der Waals surface area contributed by atoms with Gasteiger partial charge in [-0.2, -0.15) is 0 Å². The van der Waals surface area contributed by atoms with Gasteiger partial charge in [0.15, 0.2) is 6.61 Å². The number of carbonyl (C=O) groups excluding carboxylic acids is 1. The fourth-order valence-corrected chi connectivity index (χ4v) is 2.02. The van der Waals surface area contributed by atoms with Gasteiger partial charge >= 0.3 is 5.63 Å². The standard InChI is InChI=1S/C16H19NO5/c1-10-11(2)16(20)22-14-8-12(4-5-13(10)14)21-9-15(19)17-6-3-7-18/h4-5,8,18H,3,6-7,9H2,1-2H3,(H,17,19). The fraction of sp³-hybridized carbons (Fsp3) is 0.375. The summed E-state index contributed by atoms with van der Waals surface area (Å²) in [5.74, 6) is 0.186. The van der Waals surface area contributed by atoms with Crippen molar-refractivity contribution in [3.05, 3.63) is 39.7 Å². The molecule has 0 radical (unpaired) electrons. The van der Waals surface area contributed by atoms with E-state index in [1.54, 1.807) is 25.1 Å². The topological polar surface area (TPSA) is 88.8 Å². The molecule has 0 saturated carbocycles. The highest BCUT2D eigenvalue weighted by molar-refractivity contribution is 5.82. The van der Waals surface area contributed by atoms with Crippen molar-refractivity contribution >= 4 is 16.9 Å². The first-order valence-corrected chi connectivity index (χ1v) is 7.07. The van der Waals surface area contributed by atoms with Crippen LogP contribution in [-0.2, 0) is 4.79 Å². The van der Waals surface area contributed by atoms with Crippen molar-refractivity contribution < 1.29 is 19.1 Å². The van der Waals surface area contributed by atoms with Crippen molar-refractivity contribution in [2.45, 2.75) is 20.3 Å². The molecule has 118 valence electrons. The smallest absolute Gasteiger partial charge is 0.339 e. The molecule has 0 bridgehead atoms. The Morgan fingerprint density at radius 2 is 2.09 bits per heavy atom. The van der Waals surface area contributed by atoms with Crippen LogP contribution < -0.4 is 15.7 Å². The summed E-state index contributed by atoms with van der Waals surface area (Å²) in [4.78, 5) is 23.2. The van der Waals surface area contributed by atoms with E-state index in [1.165, 1.54) is 0 Å². The lowest BCUT2D eigenvalue weighted by Gasteiger charge is -2.09. The van der Waals surface area contributed by atoms with Gasteiger partial charge in [-0.15, -0.1) is 0 Å². The zero-order valence-corrected chi connectivity index (χ0v) is 12.6. The molecule has 22 heavy (non-hydrogen) atoms. The van der Waals surface area contributed by atoms with Gasteiger partial charge in [0.1, 0.15) is 11.3 Å². The SMILES string of the molecule is Cc1c(C)c2ccc(OCC(=O)NCCCO)cc2oc1=O. The van der Waals surface area contributed by atoms with Crippen molar-refractivity contribution in [2.75, 3.05) is 19.8 Å². The van der Waals surface area contributed by atoms with Crippen molar-refractivity contribution in [1.29, 1.82) is 0 Å². The van der Waals surface area contributed by atoms with E-state index >= 15 is 0 Å². The largest absolute Gasteiger partial charge is 0.484 e. The predicted octanol–water partition coefficient (Wildman–Crippen LogP) is 1.29. The molecule has 1 aromatic heterocycles. The molecule has 1 amide bonds. The first-order valence-electron chi connectivity index (χ1n) is 7.07. The minimum Gasteiger partial charge on any atom is -0.484 e. The molecule has 0 aliphatic heterocycles. The van der Waals surface area contributed by atoms with Gasteiger partial charge in [-0.3, -0.25) is 4.79 Å². The summed E-state index contributed by atoms with van der Waals surface area (Å²) in [6.07, 6.45) is 0.505. The summed E-state index contributed by atoms with van der Waals surface area (Å²) in [5.41, 5.74) is 1.53. The molecule has 0 saturated heterocycles. The molecule has 0 spiro atoms. The van der Waals surface area contributed by atoms with E-state index in [0.29, 0.717) is 29.9 Å². The fourth-order valence-electron chi connectivity index (χ4n) is 2.02. The number of aliphatic hydroxyl groups is 1. The molecular weight excluding hydrogens is 286 g/mol. The molecule has 6 heteroatoms. The summed E-state index contributed by atoms with van der Waals surface area (Å²) in [7, 11) is 0. The zero-order chi connectivity index (χ0) is 16.1. The molecule has 0 aliphatic rings. The van der Waals surface area contributed by atoms with Gasteiger partial charge in [0.25, 0.3) is 5.91 Å². The molecular formula is C16H19NO5. The van der Waals surface area contributed by atoms with E-state index in [1.807, 2.05) is 6.92 Å². The summed E-state index contributed by atoms with van der Waals surface area (Å²) < 4.78 is 10.6. The number of rotatable bonds is 6. The molecule has 0 unspecified atom stereocenters. The number of ether oxygens (including phenoxy) is 1. The van der Waals surface area contributed by atoms with Crippen LogP contribution in [0, 0.1) is 13.8 Å². The van der Waals surface area contributed by atoms with E-state index in [4.69, 9.17) is 14.3 Å². The van der Waals surface area contributed by atoms with Gasteiger partial charge < -0.3 is 19.6 Å². The maximum Gasteiger partial charge on any atom is 0.339 e. The quantitative estimate of drug-likeness (QED) is 0.620. The third-order valence-corrected chi connectivity index (χ3v) is 3.46. The molecule has 2 N–H and O–H groups in total. The normalized spacial score (nSPS) is 10.7.